The Kier molecular flexibility index (Phi) is 3.29. The van der Waals surface area contributed by atoms with Gasteiger partial charge in [-0.05, 0) is 31.4 Å². The van der Waals surface area contributed by atoms with Gasteiger partial charge in [0.1, 0.15) is 11.5 Å². The molecule has 0 atom stereocenters. The van der Waals surface area contributed by atoms with Gasteiger partial charge in [-0.15, -0.1) is 11.3 Å². The van der Waals surface area contributed by atoms with E-state index in [1.165, 1.54) is 25.3 Å². The second-order valence-corrected chi connectivity index (χ2v) is 5.60. The first-order chi connectivity index (χ1) is 9.24. The lowest BCUT2D eigenvalue weighted by Crippen LogP contribution is -2.29. The van der Waals surface area contributed by atoms with Crippen molar-refractivity contribution in [1.29, 1.82) is 0 Å². The third-order valence-corrected chi connectivity index (χ3v) is 4.28. The van der Waals surface area contributed by atoms with Crippen LogP contribution >= 0.6 is 11.3 Å². The number of phenols is 2. The molecule has 1 fully saturated rings. The molecule has 3 rings (SSSR count). The summed E-state index contributed by atoms with van der Waals surface area (Å²) in [5.74, 6) is 0.128. The molecule has 1 aliphatic rings. The molecule has 0 amide bonds. The van der Waals surface area contributed by atoms with Crippen LogP contribution in [0.2, 0.25) is 0 Å². The van der Waals surface area contributed by atoms with Crippen LogP contribution in [-0.2, 0) is 0 Å². The van der Waals surface area contributed by atoms with Crippen LogP contribution in [-0.4, -0.2) is 28.3 Å². The van der Waals surface area contributed by atoms with E-state index in [2.05, 4.69) is 9.88 Å². The summed E-state index contributed by atoms with van der Waals surface area (Å²) in [5.41, 5.74) is 1.43. The minimum Gasteiger partial charge on any atom is -0.508 e. The monoisotopic (exact) mass is 276 g/mol. The number of rotatable bonds is 2. The van der Waals surface area contributed by atoms with Gasteiger partial charge in [0.05, 0.1) is 5.69 Å². The largest absolute Gasteiger partial charge is 0.508 e. The van der Waals surface area contributed by atoms with Gasteiger partial charge in [0.2, 0.25) is 0 Å². The zero-order valence-electron chi connectivity index (χ0n) is 10.5. The summed E-state index contributed by atoms with van der Waals surface area (Å²) in [4.78, 5) is 6.90. The van der Waals surface area contributed by atoms with Gasteiger partial charge in [0.25, 0.3) is 0 Å². The van der Waals surface area contributed by atoms with Crippen LogP contribution in [0.3, 0.4) is 0 Å². The Balaban J connectivity index is 1.87. The number of aromatic hydroxyl groups is 2. The van der Waals surface area contributed by atoms with Crippen molar-refractivity contribution in [1.82, 2.24) is 4.98 Å². The first-order valence-corrected chi connectivity index (χ1v) is 7.35. The van der Waals surface area contributed by atoms with Crippen molar-refractivity contribution in [2.75, 3.05) is 18.0 Å². The van der Waals surface area contributed by atoms with Crippen LogP contribution in [0.25, 0.3) is 11.3 Å². The fraction of sp³-hybridized carbons (Fsp3) is 0.357. The van der Waals surface area contributed by atoms with Gasteiger partial charge in [0, 0.05) is 30.1 Å². The topological polar surface area (TPSA) is 56.6 Å². The van der Waals surface area contributed by atoms with E-state index in [0.717, 1.165) is 23.9 Å². The highest BCUT2D eigenvalue weighted by Gasteiger charge is 2.16. The summed E-state index contributed by atoms with van der Waals surface area (Å²) in [6.45, 7) is 2.13. The number of nitrogens with zero attached hydrogens (tertiary/aromatic N) is 2. The van der Waals surface area contributed by atoms with E-state index < -0.39 is 0 Å². The third-order valence-electron chi connectivity index (χ3n) is 3.38. The van der Waals surface area contributed by atoms with Crippen LogP contribution in [0.15, 0.2) is 23.6 Å². The minimum absolute atomic E-state index is 0.0627. The standard InChI is InChI=1S/C14H16N2O2S/c17-10-4-5-11(13(18)8-10)12-9-19-14(15-12)16-6-2-1-3-7-16/h4-5,8-9,17-18H,1-3,6-7H2. The van der Waals surface area contributed by atoms with Crippen LogP contribution in [0.5, 0.6) is 11.5 Å². The van der Waals surface area contributed by atoms with Crippen molar-refractivity contribution >= 4 is 16.5 Å². The molecule has 0 aliphatic carbocycles. The smallest absolute Gasteiger partial charge is 0.185 e. The fourth-order valence-corrected chi connectivity index (χ4v) is 3.23. The molecule has 1 saturated heterocycles. The molecule has 2 N–H and O–H groups in total. The maximum Gasteiger partial charge on any atom is 0.185 e. The van der Waals surface area contributed by atoms with Crippen LogP contribution < -0.4 is 4.90 Å². The van der Waals surface area contributed by atoms with Crippen molar-refractivity contribution < 1.29 is 10.2 Å². The summed E-state index contributed by atoms with van der Waals surface area (Å²) in [6, 6.07) is 4.60. The van der Waals surface area contributed by atoms with Gasteiger partial charge < -0.3 is 15.1 Å². The van der Waals surface area contributed by atoms with E-state index in [1.807, 2.05) is 5.38 Å². The second-order valence-electron chi connectivity index (χ2n) is 4.76. The van der Waals surface area contributed by atoms with Gasteiger partial charge in [-0.1, -0.05) is 0 Å². The first kappa shape index (κ1) is 12.3. The molecule has 0 spiro atoms. The van der Waals surface area contributed by atoms with Gasteiger partial charge in [-0.2, -0.15) is 0 Å². The molecule has 0 unspecified atom stereocenters. The first-order valence-electron chi connectivity index (χ1n) is 6.47. The summed E-state index contributed by atoms with van der Waals surface area (Å²) in [5, 5.41) is 22.1. The Morgan fingerprint density at radius 2 is 1.89 bits per heavy atom. The van der Waals surface area contributed by atoms with Crippen molar-refractivity contribution in [3.8, 4) is 22.8 Å². The van der Waals surface area contributed by atoms with Gasteiger partial charge in [-0.3, -0.25) is 0 Å². The quantitative estimate of drug-likeness (QED) is 0.884. The maximum absolute atomic E-state index is 9.86. The zero-order valence-corrected chi connectivity index (χ0v) is 11.4. The summed E-state index contributed by atoms with van der Waals surface area (Å²) in [6.07, 6.45) is 3.74. The number of hydrogen-bond acceptors (Lipinski definition) is 5. The van der Waals surface area contributed by atoms with Gasteiger partial charge in [-0.25, -0.2) is 4.98 Å². The molecule has 2 aromatic rings. The molecule has 19 heavy (non-hydrogen) atoms. The molecule has 2 heterocycles. The number of thiazole rings is 1. The van der Waals surface area contributed by atoms with Crippen LogP contribution in [0.4, 0.5) is 5.13 Å². The van der Waals surface area contributed by atoms with E-state index >= 15 is 0 Å². The normalized spacial score (nSPS) is 15.7. The zero-order chi connectivity index (χ0) is 13.2. The molecule has 1 aromatic carbocycles. The molecule has 5 heteroatoms. The van der Waals surface area contributed by atoms with Crippen molar-refractivity contribution in [2.24, 2.45) is 0 Å². The average molecular weight is 276 g/mol. The Hall–Kier alpha value is -1.75. The molecule has 0 saturated carbocycles. The number of anilines is 1. The predicted molar refractivity (Wildman–Crippen MR) is 76.9 cm³/mol. The number of aromatic nitrogens is 1. The highest BCUT2D eigenvalue weighted by atomic mass is 32.1. The van der Waals surface area contributed by atoms with Crippen LogP contribution in [0, 0.1) is 0 Å². The lowest BCUT2D eigenvalue weighted by Gasteiger charge is -2.25. The molecular formula is C14H16N2O2S. The number of hydrogen-bond donors (Lipinski definition) is 2. The third kappa shape index (κ3) is 2.51. The lowest BCUT2D eigenvalue weighted by molar-refractivity contribution is 0.452. The Labute approximate surface area is 116 Å². The molecule has 100 valence electrons. The fourth-order valence-electron chi connectivity index (χ4n) is 2.36. The highest BCUT2D eigenvalue weighted by Crippen LogP contribution is 2.35. The van der Waals surface area contributed by atoms with E-state index in [-0.39, 0.29) is 11.5 Å². The van der Waals surface area contributed by atoms with Crippen molar-refractivity contribution in [3.05, 3.63) is 23.6 Å². The Morgan fingerprint density at radius 1 is 1.11 bits per heavy atom. The van der Waals surface area contributed by atoms with E-state index in [9.17, 15) is 10.2 Å². The number of benzene rings is 1. The number of phenolic OH excluding ortho intramolecular Hbond substituents is 2. The summed E-state index contributed by atoms with van der Waals surface area (Å²) in [7, 11) is 0. The molecule has 1 aliphatic heterocycles. The molecule has 0 bridgehead atoms. The SMILES string of the molecule is Oc1ccc(-c2csc(N3CCCCC3)n2)c(O)c1. The predicted octanol–water partition coefficient (Wildman–Crippen LogP) is 3.21. The van der Waals surface area contributed by atoms with E-state index in [4.69, 9.17) is 0 Å². The van der Waals surface area contributed by atoms with Gasteiger partial charge in [0.15, 0.2) is 5.13 Å². The van der Waals surface area contributed by atoms with E-state index in [1.54, 1.807) is 23.5 Å². The molecular weight excluding hydrogens is 260 g/mol. The Bertz CT molecular complexity index is 577. The molecule has 0 radical (unpaired) electrons. The summed E-state index contributed by atoms with van der Waals surface area (Å²) >= 11 is 1.61. The van der Waals surface area contributed by atoms with Crippen LogP contribution in [0.1, 0.15) is 19.3 Å². The van der Waals surface area contributed by atoms with Crippen molar-refractivity contribution in [2.45, 2.75) is 19.3 Å². The summed E-state index contributed by atoms with van der Waals surface area (Å²) < 4.78 is 0. The molecule has 1 aromatic heterocycles. The Morgan fingerprint density at radius 3 is 2.63 bits per heavy atom. The second kappa shape index (κ2) is 5.09. The number of piperidine rings is 1. The highest BCUT2D eigenvalue weighted by molar-refractivity contribution is 7.14. The lowest BCUT2D eigenvalue weighted by atomic mass is 10.1. The minimum atomic E-state index is 0.0627. The van der Waals surface area contributed by atoms with Gasteiger partial charge >= 0.3 is 0 Å². The maximum atomic E-state index is 9.86. The van der Waals surface area contributed by atoms with Crippen molar-refractivity contribution in [3.63, 3.8) is 0 Å². The van der Waals surface area contributed by atoms with E-state index in [0.29, 0.717) is 5.56 Å². The molecule has 4 nitrogen and oxygen atoms in total. The average Bonchev–Trinajstić information content (AvgIpc) is 2.89.